The topological polar surface area (TPSA) is 17.8 Å². The van der Waals surface area contributed by atoms with Gasteiger partial charge in [-0.1, -0.05) is 23.2 Å². The molecular formula is C14H15Cl3N2S. The predicted molar refractivity (Wildman–Crippen MR) is 89.5 cm³/mol. The van der Waals surface area contributed by atoms with E-state index in [1.807, 2.05) is 30.8 Å². The van der Waals surface area contributed by atoms with E-state index in [9.17, 15) is 0 Å². The molecule has 6 heteroatoms. The lowest BCUT2D eigenvalue weighted by Gasteiger charge is -2.14. The van der Waals surface area contributed by atoms with E-state index in [-0.39, 0.29) is 5.38 Å². The van der Waals surface area contributed by atoms with Gasteiger partial charge in [0.05, 0.1) is 26.5 Å². The van der Waals surface area contributed by atoms with Crippen LogP contribution in [0, 0.1) is 0 Å². The summed E-state index contributed by atoms with van der Waals surface area (Å²) in [4.78, 5) is 4.63. The number of benzene rings is 1. The summed E-state index contributed by atoms with van der Waals surface area (Å²) in [5.41, 5.74) is 1.89. The van der Waals surface area contributed by atoms with Crippen LogP contribution in [0.15, 0.2) is 12.1 Å². The van der Waals surface area contributed by atoms with Gasteiger partial charge in [-0.2, -0.15) is 11.8 Å². The SMILES string of the molecule is CC(Cl)c1nc2cc(Cl)c(Cl)cc2n1CC1CCCS1. The van der Waals surface area contributed by atoms with E-state index in [0.29, 0.717) is 15.3 Å². The fraction of sp³-hybridized carbons (Fsp3) is 0.500. The first-order valence-electron chi connectivity index (χ1n) is 6.67. The molecule has 1 fully saturated rings. The maximum absolute atomic E-state index is 6.29. The Morgan fingerprint density at radius 1 is 1.40 bits per heavy atom. The molecule has 2 heterocycles. The van der Waals surface area contributed by atoms with E-state index in [0.717, 1.165) is 23.4 Å². The third-order valence-electron chi connectivity index (χ3n) is 3.59. The Bertz CT molecular complexity index is 633. The van der Waals surface area contributed by atoms with Gasteiger partial charge < -0.3 is 4.57 Å². The number of imidazole rings is 1. The lowest BCUT2D eigenvalue weighted by Crippen LogP contribution is -2.13. The molecule has 20 heavy (non-hydrogen) atoms. The van der Waals surface area contributed by atoms with Crippen LogP contribution in [0.4, 0.5) is 0 Å². The quantitative estimate of drug-likeness (QED) is 0.677. The third-order valence-corrected chi connectivity index (χ3v) is 5.88. The fourth-order valence-electron chi connectivity index (χ4n) is 2.63. The maximum atomic E-state index is 6.29. The summed E-state index contributed by atoms with van der Waals surface area (Å²) in [6.07, 6.45) is 2.54. The molecular weight excluding hydrogens is 335 g/mol. The number of hydrogen-bond donors (Lipinski definition) is 0. The molecule has 1 aromatic carbocycles. The van der Waals surface area contributed by atoms with Crippen LogP contribution in [0.2, 0.25) is 10.0 Å². The highest BCUT2D eigenvalue weighted by molar-refractivity contribution is 8.00. The summed E-state index contributed by atoms with van der Waals surface area (Å²) >= 11 is 20.5. The van der Waals surface area contributed by atoms with Crippen LogP contribution in [-0.2, 0) is 6.54 Å². The first-order chi connectivity index (χ1) is 9.56. The van der Waals surface area contributed by atoms with Gasteiger partial charge in [0.25, 0.3) is 0 Å². The molecule has 1 aromatic heterocycles. The van der Waals surface area contributed by atoms with Crippen LogP contribution in [-0.4, -0.2) is 20.6 Å². The molecule has 0 spiro atoms. The second-order valence-electron chi connectivity index (χ2n) is 5.09. The van der Waals surface area contributed by atoms with Gasteiger partial charge in [0.2, 0.25) is 0 Å². The molecule has 0 saturated carbocycles. The van der Waals surface area contributed by atoms with Gasteiger partial charge in [0.15, 0.2) is 0 Å². The Labute approximate surface area is 137 Å². The van der Waals surface area contributed by atoms with Crippen molar-refractivity contribution in [1.82, 2.24) is 9.55 Å². The van der Waals surface area contributed by atoms with Gasteiger partial charge in [-0.15, -0.1) is 11.6 Å². The molecule has 0 aliphatic carbocycles. The highest BCUT2D eigenvalue weighted by atomic mass is 35.5. The number of hydrogen-bond acceptors (Lipinski definition) is 2. The first kappa shape index (κ1) is 14.8. The van der Waals surface area contributed by atoms with Crippen molar-refractivity contribution in [3.63, 3.8) is 0 Å². The van der Waals surface area contributed by atoms with Gasteiger partial charge in [-0.3, -0.25) is 0 Å². The zero-order valence-corrected chi connectivity index (χ0v) is 14.2. The Hall–Kier alpha value is -0.0900. The average Bonchev–Trinajstić information content (AvgIpc) is 3.00. The standard InChI is InChI=1S/C14H15Cl3N2S/c1-8(15)14-18-12-5-10(16)11(17)6-13(12)19(14)7-9-3-2-4-20-9/h5-6,8-9H,2-4,7H2,1H3. The highest BCUT2D eigenvalue weighted by Gasteiger charge is 2.22. The number of thioether (sulfide) groups is 1. The van der Waals surface area contributed by atoms with E-state index in [2.05, 4.69) is 9.55 Å². The number of fused-ring (bicyclic) bond motifs is 1. The minimum atomic E-state index is -0.133. The van der Waals surface area contributed by atoms with Gasteiger partial charge >= 0.3 is 0 Å². The zero-order valence-electron chi connectivity index (χ0n) is 11.1. The summed E-state index contributed by atoms with van der Waals surface area (Å²) < 4.78 is 2.21. The second kappa shape index (κ2) is 5.96. The molecule has 2 aromatic rings. The Morgan fingerprint density at radius 3 is 2.80 bits per heavy atom. The molecule has 0 N–H and O–H groups in total. The zero-order chi connectivity index (χ0) is 14.3. The second-order valence-corrected chi connectivity index (χ2v) is 7.96. The van der Waals surface area contributed by atoms with E-state index >= 15 is 0 Å². The number of aromatic nitrogens is 2. The van der Waals surface area contributed by atoms with E-state index in [1.54, 1.807) is 0 Å². The number of rotatable bonds is 3. The Kier molecular flexibility index (Phi) is 4.42. The summed E-state index contributed by atoms with van der Waals surface area (Å²) in [6, 6.07) is 3.72. The molecule has 3 rings (SSSR count). The first-order valence-corrected chi connectivity index (χ1v) is 8.91. The van der Waals surface area contributed by atoms with Gasteiger partial charge in [0.1, 0.15) is 5.82 Å². The molecule has 108 valence electrons. The minimum Gasteiger partial charge on any atom is -0.326 e. The van der Waals surface area contributed by atoms with Crippen molar-refractivity contribution in [2.24, 2.45) is 0 Å². The van der Waals surface area contributed by atoms with E-state index < -0.39 is 0 Å². The number of nitrogens with zero attached hydrogens (tertiary/aromatic N) is 2. The molecule has 2 nitrogen and oxygen atoms in total. The van der Waals surface area contributed by atoms with Crippen molar-refractivity contribution >= 4 is 57.6 Å². The molecule has 0 amide bonds. The van der Waals surface area contributed by atoms with Crippen LogP contribution in [0.5, 0.6) is 0 Å². The lowest BCUT2D eigenvalue weighted by molar-refractivity contribution is 0.623. The molecule has 0 bridgehead atoms. The van der Waals surface area contributed by atoms with Crippen molar-refractivity contribution in [1.29, 1.82) is 0 Å². The van der Waals surface area contributed by atoms with Crippen molar-refractivity contribution in [3.05, 3.63) is 28.0 Å². The monoisotopic (exact) mass is 348 g/mol. The summed E-state index contributed by atoms with van der Waals surface area (Å²) in [5.74, 6) is 2.14. The lowest BCUT2D eigenvalue weighted by atomic mass is 10.2. The van der Waals surface area contributed by atoms with E-state index in [4.69, 9.17) is 34.8 Å². The van der Waals surface area contributed by atoms with Crippen LogP contribution in [0.1, 0.15) is 31.0 Å². The van der Waals surface area contributed by atoms with Gasteiger partial charge in [0, 0.05) is 11.8 Å². The van der Waals surface area contributed by atoms with Gasteiger partial charge in [-0.05, 0) is 37.7 Å². The van der Waals surface area contributed by atoms with Crippen molar-refractivity contribution < 1.29 is 0 Å². The molecule has 1 aliphatic heterocycles. The molecule has 2 unspecified atom stereocenters. The minimum absolute atomic E-state index is 0.133. The normalized spacial score (nSPS) is 20.7. The smallest absolute Gasteiger partial charge is 0.127 e. The molecule has 0 radical (unpaired) electrons. The van der Waals surface area contributed by atoms with Gasteiger partial charge in [-0.25, -0.2) is 4.98 Å². The molecule has 1 saturated heterocycles. The molecule has 1 aliphatic rings. The van der Waals surface area contributed by atoms with Crippen molar-refractivity contribution in [2.45, 2.75) is 36.9 Å². The number of halogens is 3. The van der Waals surface area contributed by atoms with Crippen LogP contribution in [0.25, 0.3) is 11.0 Å². The van der Waals surface area contributed by atoms with E-state index in [1.165, 1.54) is 18.6 Å². The maximum Gasteiger partial charge on any atom is 0.127 e. The molecule has 2 atom stereocenters. The van der Waals surface area contributed by atoms with Crippen molar-refractivity contribution in [3.8, 4) is 0 Å². The Balaban J connectivity index is 2.10. The Morgan fingerprint density at radius 2 is 2.15 bits per heavy atom. The fourth-order valence-corrected chi connectivity index (χ4v) is 4.36. The summed E-state index contributed by atoms with van der Waals surface area (Å²) in [5, 5.41) is 1.60. The third kappa shape index (κ3) is 2.78. The van der Waals surface area contributed by atoms with Crippen LogP contribution in [0.3, 0.4) is 0 Å². The van der Waals surface area contributed by atoms with Crippen molar-refractivity contribution in [2.75, 3.05) is 5.75 Å². The van der Waals surface area contributed by atoms with Crippen LogP contribution < -0.4 is 0 Å². The summed E-state index contributed by atoms with van der Waals surface area (Å²) in [6.45, 7) is 2.88. The average molecular weight is 350 g/mol. The largest absolute Gasteiger partial charge is 0.326 e. The summed E-state index contributed by atoms with van der Waals surface area (Å²) in [7, 11) is 0. The highest BCUT2D eigenvalue weighted by Crippen LogP contribution is 2.34. The van der Waals surface area contributed by atoms with Crippen LogP contribution >= 0.6 is 46.6 Å². The number of alkyl halides is 1. The predicted octanol–water partition coefficient (Wildman–Crippen LogP) is 5.54.